The number of carbonyl (C=O) groups is 1. The van der Waals surface area contributed by atoms with Gasteiger partial charge in [0.1, 0.15) is 5.70 Å². The number of allylic oxidation sites excluding steroid dienone is 1. The maximum atomic E-state index is 12.8. The topological polar surface area (TPSA) is 96.7 Å². The Morgan fingerprint density at radius 3 is 2.41 bits per heavy atom. The molecule has 1 aromatic carbocycles. The van der Waals surface area contributed by atoms with E-state index in [1.807, 2.05) is 26.0 Å². The van der Waals surface area contributed by atoms with Crippen molar-refractivity contribution in [2.75, 3.05) is 12.4 Å². The average Bonchev–Trinajstić information content (AvgIpc) is 2.92. The maximum Gasteiger partial charge on any atom is 0.345 e. The number of anilines is 1. The van der Waals surface area contributed by atoms with Crippen LogP contribution in [0, 0.1) is 20.8 Å². The van der Waals surface area contributed by atoms with Gasteiger partial charge in [0, 0.05) is 31.0 Å². The Bertz CT molecular complexity index is 1100. The van der Waals surface area contributed by atoms with Crippen molar-refractivity contribution in [2.45, 2.75) is 20.8 Å². The number of hydrogen-bond donors (Lipinski definition) is 1. The SMILES string of the molecule is Cc1ccc(NC(=O)C2=CC(c3cnn(C)c3C)=NS(=O)(=O)N2C)cc1C. The largest absolute Gasteiger partial charge is 0.345 e. The van der Waals surface area contributed by atoms with Crippen LogP contribution >= 0.6 is 0 Å². The third kappa shape index (κ3) is 3.50. The summed E-state index contributed by atoms with van der Waals surface area (Å²) in [4.78, 5) is 12.8. The van der Waals surface area contributed by atoms with Crippen LogP contribution in [0.4, 0.5) is 5.69 Å². The number of hydrogen-bond acceptors (Lipinski definition) is 4. The van der Waals surface area contributed by atoms with Gasteiger partial charge in [-0.2, -0.15) is 13.5 Å². The van der Waals surface area contributed by atoms with Crippen LogP contribution in [-0.4, -0.2) is 41.2 Å². The van der Waals surface area contributed by atoms with Crippen molar-refractivity contribution in [1.29, 1.82) is 0 Å². The monoisotopic (exact) mass is 387 g/mol. The van der Waals surface area contributed by atoms with E-state index in [0.717, 1.165) is 21.1 Å². The maximum absolute atomic E-state index is 12.8. The van der Waals surface area contributed by atoms with E-state index >= 15 is 0 Å². The minimum absolute atomic E-state index is 0.0125. The summed E-state index contributed by atoms with van der Waals surface area (Å²) in [5.74, 6) is -0.529. The summed E-state index contributed by atoms with van der Waals surface area (Å²) in [6, 6.07) is 5.51. The van der Waals surface area contributed by atoms with E-state index in [0.29, 0.717) is 11.3 Å². The van der Waals surface area contributed by atoms with E-state index < -0.39 is 16.1 Å². The normalized spacial score (nSPS) is 16.0. The zero-order valence-electron chi connectivity index (χ0n) is 15.8. The highest BCUT2D eigenvalue weighted by Gasteiger charge is 2.31. The van der Waals surface area contributed by atoms with Crippen molar-refractivity contribution in [3.05, 3.63) is 58.6 Å². The summed E-state index contributed by atoms with van der Waals surface area (Å²) in [5.41, 5.74) is 4.21. The predicted molar refractivity (Wildman–Crippen MR) is 104 cm³/mol. The fourth-order valence-electron chi connectivity index (χ4n) is 2.66. The molecule has 8 nitrogen and oxygen atoms in total. The van der Waals surface area contributed by atoms with Gasteiger partial charge in [-0.05, 0) is 50.1 Å². The van der Waals surface area contributed by atoms with Crippen molar-refractivity contribution in [2.24, 2.45) is 11.4 Å². The van der Waals surface area contributed by atoms with Gasteiger partial charge in [-0.25, -0.2) is 4.31 Å². The second-order valence-electron chi connectivity index (χ2n) is 6.47. The lowest BCUT2D eigenvalue weighted by Gasteiger charge is -2.23. The van der Waals surface area contributed by atoms with Crippen LogP contribution in [0.25, 0.3) is 0 Å². The second kappa shape index (κ2) is 6.66. The third-order valence-corrected chi connectivity index (χ3v) is 6.00. The Morgan fingerprint density at radius 1 is 1.11 bits per heavy atom. The fourth-order valence-corrected chi connectivity index (χ4v) is 3.56. The summed E-state index contributed by atoms with van der Waals surface area (Å²) in [5, 5.41) is 6.86. The summed E-state index contributed by atoms with van der Waals surface area (Å²) < 4.78 is 31.2. The molecule has 0 spiro atoms. The first-order valence-corrected chi connectivity index (χ1v) is 9.68. The number of likely N-dealkylation sites (N-methyl/N-ethyl adjacent to an activating group) is 1. The molecule has 27 heavy (non-hydrogen) atoms. The number of aromatic nitrogens is 2. The van der Waals surface area contributed by atoms with Crippen LogP contribution in [0.1, 0.15) is 22.4 Å². The molecule has 2 heterocycles. The molecule has 1 N–H and O–H groups in total. The van der Waals surface area contributed by atoms with E-state index in [1.165, 1.54) is 19.3 Å². The Kier molecular flexibility index (Phi) is 4.64. The van der Waals surface area contributed by atoms with Crippen LogP contribution in [0.5, 0.6) is 0 Å². The van der Waals surface area contributed by atoms with Crippen LogP contribution in [0.2, 0.25) is 0 Å². The number of nitrogens with zero attached hydrogens (tertiary/aromatic N) is 4. The molecule has 2 aromatic rings. The molecule has 0 atom stereocenters. The number of carbonyl (C=O) groups excluding carboxylic acids is 1. The van der Waals surface area contributed by atoms with Gasteiger partial charge in [0.05, 0.1) is 11.9 Å². The first kappa shape index (κ1) is 18.8. The molecule has 142 valence electrons. The van der Waals surface area contributed by atoms with Gasteiger partial charge in [0.2, 0.25) is 0 Å². The third-order valence-electron chi connectivity index (χ3n) is 4.68. The van der Waals surface area contributed by atoms with E-state index in [-0.39, 0.29) is 11.4 Å². The lowest BCUT2D eigenvalue weighted by molar-refractivity contribution is -0.113. The quantitative estimate of drug-likeness (QED) is 0.869. The van der Waals surface area contributed by atoms with Crippen LogP contribution < -0.4 is 5.32 Å². The van der Waals surface area contributed by atoms with Gasteiger partial charge >= 0.3 is 10.2 Å². The molecule has 1 aliphatic heterocycles. The number of rotatable bonds is 3. The zero-order valence-corrected chi connectivity index (χ0v) is 16.6. The Hall–Kier alpha value is -2.94. The molecule has 9 heteroatoms. The molecule has 0 bridgehead atoms. The van der Waals surface area contributed by atoms with Gasteiger partial charge < -0.3 is 5.32 Å². The fraction of sp³-hybridized carbons (Fsp3) is 0.278. The highest BCUT2D eigenvalue weighted by Crippen LogP contribution is 2.22. The Balaban J connectivity index is 1.99. The van der Waals surface area contributed by atoms with E-state index in [4.69, 9.17) is 0 Å². The van der Waals surface area contributed by atoms with Crippen LogP contribution in [0.15, 0.2) is 40.6 Å². The number of nitrogens with one attached hydrogen (secondary N) is 1. The van der Waals surface area contributed by atoms with Gasteiger partial charge in [0.25, 0.3) is 5.91 Å². The highest BCUT2D eigenvalue weighted by molar-refractivity contribution is 7.88. The molecular weight excluding hydrogens is 366 g/mol. The minimum atomic E-state index is -4.01. The Morgan fingerprint density at radius 2 is 1.81 bits per heavy atom. The van der Waals surface area contributed by atoms with Crippen molar-refractivity contribution < 1.29 is 13.2 Å². The van der Waals surface area contributed by atoms with Crippen LogP contribution in [-0.2, 0) is 22.1 Å². The van der Waals surface area contributed by atoms with Gasteiger partial charge in [-0.1, -0.05) is 6.07 Å². The van der Waals surface area contributed by atoms with E-state index in [1.54, 1.807) is 24.7 Å². The molecule has 0 radical (unpaired) electrons. The molecule has 1 aliphatic rings. The average molecular weight is 387 g/mol. The molecule has 0 unspecified atom stereocenters. The van der Waals surface area contributed by atoms with Crippen molar-refractivity contribution in [3.8, 4) is 0 Å². The van der Waals surface area contributed by atoms with E-state index in [9.17, 15) is 13.2 Å². The first-order chi connectivity index (χ1) is 12.6. The van der Waals surface area contributed by atoms with Gasteiger partial charge in [-0.15, -0.1) is 4.40 Å². The minimum Gasteiger partial charge on any atom is -0.321 e. The Labute approximate surface area is 158 Å². The predicted octanol–water partition coefficient (Wildman–Crippen LogP) is 1.85. The van der Waals surface area contributed by atoms with E-state index in [2.05, 4.69) is 14.8 Å². The lowest BCUT2D eigenvalue weighted by Crippen LogP contribution is -2.35. The lowest BCUT2D eigenvalue weighted by atomic mass is 10.1. The standard InChI is InChI=1S/C18H21N5O3S/c1-11-6-7-14(8-12(11)2)20-18(24)17-9-16(21-27(25,26)23(17)5)15-10-19-22(4)13(15)3/h6-10H,1-5H3,(H,20,24). The molecule has 1 aromatic heterocycles. The second-order valence-corrected chi connectivity index (χ2v) is 8.10. The number of aryl methyl sites for hydroxylation is 3. The molecule has 3 rings (SSSR count). The van der Waals surface area contributed by atoms with Crippen molar-refractivity contribution in [3.63, 3.8) is 0 Å². The molecule has 0 fully saturated rings. The summed E-state index contributed by atoms with van der Waals surface area (Å²) >= 11 is 0. The van der Waals surface area contributed by atoms with Crippen molar-refractivity contribution >= 4 is 27.5 Å². The van der Waals surface area contributed by atoms with Crippen LogP contribution in [0.3, 0.4) is 0 Å². The molecule has 0 aliphatic carbocycles. The van der Waals surface area contributed by atoms with Gasteiger partial charge in [-0.3, -0.25) is 9.48 Å². The molecule has 0 saturated carbocycles. The summed E-state index contributed by atoms with van der Waals surface area (Å²) in [6.07, 6.45) is 2.99. The summed E-state index contributed by atoms with van der Waals surface area (Å²) in [7, 11) is -0.959. The molecule has 1 amide bonds. The van der Waals surface area contributed by atoms with Crippen molar-refractivity contribution in [1.82, 2.24) is 14.1 Å². The first-order valence-electron chi connectivity index (χ1n) is 8.28. The zero-order chi connectivity index (χ0) is 19.9. The number of amides is 1. The molecule has 0 saturated heterocycles. The summed E-state index contributed by atoms with van der Waals surface area (Å²) in [6.45, 7) is 5.72. The smallest absolute Gasteiger partial charge is 0.321 e. The van der Waals surface area contributed by atoms with Gasteiger partial charge in [0.15, 0.2) is 0 Å². The molecular formula is C18H21N5O3S. The number of benzene rings is 1. The highest BCUT2D eigenvalue weighted by atomic mass is 32.2.